The van der Waals surface area contributed by atoms with Crippen LogP contribution in [0, 0.1) is 5.92 Å². The van der Waals surface area contributed by atoms with Crippen LogP contribution < -0.4 is 10.6 Å². The van der Waals surface area contributed by atoms with Crippen molar-refractivity contribution in [2.45, 2.75) is 57.9 Å². The quantitative estimate of drug-likeness (QED) is 0.885. The van der Waals surface area contributed by atoms with Crippen molar-refractivity contribution < 1.29 is 4.79 Å². The van der Waals surface area contributed by atoms with Crippen LogP contribution in [0.1, 0.15) is 61.4 Å². The predicted octanol–water partition coefficient (Wildman–Crippen LogP) is 3.74. The van der Waals surface area contributed by atoms with Crippen molar-refractivity contribution in [1.29, 1.82) is 0 Å². The maximum absolute atomic E-state index is 12.5. The van der Waals surface area contributed by atoms with E-state index in [1.807, 2.05) is 12.1 Å². The van der Waals surface area contributed by atoms with Gasteiger partial charge in [0, 0.05) is 23.8 Å². The molecule has 21 heavy (non-hydrogen) atoms. The molecule has 3 heteroatoms. The fraction of sp³-hybridized carbons (Fsp3) is 0.611. The Labute approximate surface area is 127 Å². The minimum absolute atomic E-state index is 0.0992. The lowest BCUT2D eigenvalue weighted by atomic mass is 9.83. The third-order valence-corrected chi connectivity index (χ3v) is 5.05. The van der Waals surface area contributed by atoms with E-state index in [1.165, 1.54) is 43.4 Å². The summed E-state index contributed by atoms with van der Waals surface area (Å²) in [5.41, 5.74) is 3.27. The molecular formula is C18H26N2O. The third-order valence-electron chi connectivity index (χ3n) is 5.05. The zero-order valence-electron chi connectivity index (χ0n) is 13.0. The van der Waals surface area contributed by atoms with Crippen LogP contribution in [-0.4, -0.2) is 18.5 Å². The molecule has 0 radical (unpaired) electrons. The number of amides is 1. The van der Waals surface area contributed by atoms with E-state index in [1.54, 1.807) is 0 Å². The van der Waals surface area contributed by atoms with Crippen molar-refractivity contribution in [2.75, 3.05) is 11.9 Å². The molecule has 1 heterocycles. The molecule has 1 aromatic rings. The molecule has 0 bridgehead atoms. The fourth-order valence-corrected chi connectivity index (χ4v) is 3.79. The summed E-state index contributed by atoms with van der Waals surface area (Å²) < 4.78 is 0. The van der Waals surface area contributed by atoms with Crippen molar-refractivity contribution >= 4 is 11.6 Å². The van der Waals surface area contributed by atoms with Gasteiger partial charge < -0.3 is 10.6 Å². The van der Waals surface area contributed by atoms with Crippen molar-refractivity contribution in [1.82, 2.24) is 5.32 Å². The van der Waals surface area contributed by atoms with E-state index in [0.717, 1.165) is 24.9 Å². The molecule has 114 valence electrons. The minimum Gasteiger partial charge on any atom is -0.384 e. The Kier molecular flexibility index (Phi) is 4.47. The van der Waals surface area contributed by atoms with E-state index in [2.05, 4.69) is 23.6 Å². The molecule has 1 aliphatic heterocycles. The molecule has 0 spiro atoms. The van der Waals surface area contributed by atoms with E-state index in [9.17, 15) is 4.79 Å². The van der Waals surface area contributed by atoms with Crippen LogP contribution >= 0.6 is 0 Å². The molecule has 1 aromatic carbocycles. The Morgan fingerprint density at radius 3 is 2.90 bits per heavy atom. The molecule has 1 atom stereocenters. The highest BCUT2D eigenvalue weighted by molar-refractivity contribution is 5.95. The smallest absolute Gasteiger partial charge is 0.251 e. The van der Waals surface area contributed by atoms with E-state index < -0.39 is 0 Å². The van der Waals surface area contributed by atoms with Gasteiger partial charge in [0.05, 0.1) is 0 Å². The highest BCUT2D eigenvalue weighted by Gasteiger charge is 2.24. The Morgan fingerprint density at radius 2 is 2.14 bits per heavy atom. The van der Waals surface area contributed by atoms with Crippen LogP contribution in [0.2, 0.25) is 0 Å². The average Bonchev–Trinajstić information content (AvgIpc) is 3.00. The maximum Gasteiger partial charge on any atom is 0.251 e. The van der Waals surface area contributed by atoms with Crippen LogP contribution in [0.25, 0.3) is 0 Å². The highest BCUT2D eigenvalue weighted by atomic mass is 16.1. The monoisotopic (exact) mass is 286 g/mol. The zero-order valence-corrected chi connectivity index (χ0v) is 13.0. The summed E-state index contributed by atoms with van der Waals surface area (Å²) in [5.74, 6) is 0.769. The summed E-state index contributed by atoms with van der Waals surface area (Å²) >= 11 is 0. The molecule has 1 aliphatic carbocycles. The molecule has 0 saturated heterocycles. The summed E-state index contributed by atoms with van der Waals surface area (Å²) in [7, 11) is 0. The van der Waals surface area contributed by atoms with E-state index in [-0.39, 0.29) is 5.91 Å². The lowest BCUT2D eigenvalue weighted by molar-refractivity contribution is 0.0911. The van der Waals surface area contributed by atoms with E-state index >= 15 is 0 Å². The topological polar surface area (TPSA) is 41.1 Å². The summed E-state index contributed by atoms with van der Waals surface area (Å²) in [6.45, 7) is 3.17. The molecule has 1 fully saturated rings. The number of rotatable bonds is 4. The van der Waals surface area contributed by atoms with Crippen molar-refractivity contribution in [3.05, 3.63) is 29.3 Å². The molecule has 2 N–H and O–H groups in total. The maximum atomic E-state index is 12.5. The van der Waals surface area contributed by atoms with Crippen molar-refractivity contribution in [2.24, 2.45) is 5.92 Å². The number of fused-ring (bicyclic) bond motifs is 1. The van der Waals surface area contributed by atoms with Gasteiger partial charge >= 0.3 is 0 Å². The number of anilines is 1. The van der Waals surface area contributed by atoms with Gasteiger partial charge in [-0.3, -0.25) is 4.79 Å². The molecule has 0 aromatic heterocycles. The standard InChI is InChI=1S/C18H26N2O/c1-2-16(13-6-4-3-5-7-13)20-18(21)15-8-9-17-14(12-15)10-11-19-17/h8-9,12-13,16,19H,2-7,10-11H2,1H3,(H,20,21). The highest BCUT2D eigenvalue weighted by Crippen LogP contribution is 2.28. The average molecular weight is 286 g/mol. The molecule has 1 unspecified atom stereocenters. The third kappa shape index (κ3) is 3.22. The number of carbonyl (C=O) groups excluding carboxylic acids is 1. The molecule has 1 amide bonds. The van der Waals surface area contributed by atoms with E-state index in [0.29, 0.717) is 12.0 Å². The molecule has 1 saturated carbocycles. The largest absolute Gasteiger partial charge is 0.384 e. The van der Waals surface area contributed by atoms with Gasteiger partial charge in [0.2, 0.25) is 0 Å². The first-order chi connectivity index (χ1) is 10.3. The Balaban J connectivity index is 1.66. The number of nitrogens with one attached hydrogen (secondary N) is 2. The second kappa shape index (κ2) is 6.50. The van der Waals surface area contributed by atoms with E-state index in [4.69, 9.17) is 0 Å². The molecule has 2 aliphatic rings. The Bertz CT molecular complexity index is 506. The Morgan fingerprint density at radius 1 is 1.33 bits per heavy atom. The van der Waals surface area contributed by atoms with Gasteiger partial charge in [-0.25, -0.2) is 0 Å². The zero-order chi connectivity index (χ0) is 14.7. The van der Waals surface area contributed by atoms with Crippen LogP contribution in [0.4, 0.5) is 5.69 Å². The minimum atomic E-state index is 0.0992. The molecule has 3 rings (SSSR count). The second-order valence-electron chi connectivity index (χ2n) is 6.43. The Hall–Kier alpha value is -1.51. The van der Waals surface area contributed by atoms with Gasteiger partial charge in [-0.2, -0.15) is 0 Å². The molecular weight excluding hydrogens is 260 g/mol. The van der Waals surface area contributed by atoms with Gasteiger partial charge in [-0.05, 0) is 55.4 Å². The fourth-order valence-electron chi connectivity index (χ4n) is 3.79. The van der Waals surface area contributed by atoms with Crippen molar-refractivity contribution in [3.63, 3.8) is 0 Å². The first-order valence-corrected chi connectivity index (χ1v) is 8.45. The van der Waals surface area contributed by atoms with Gasteiger partial charge in [-0.1, -0.05) is 26.2 Å². The second-order valence-corrected chi connectivity index (χ2v) is 6.43. The van der Waals surface area contributed by atoms with Gasteiger partial charge in [0.1, 0.15) is 0 Å². The summed E-state index contributed by atoms with van der Waals surface area (Å²) in [4.78, 5) is 12.5. The van der Waals surface area contributed by atoms with Crippen molar-refractivity contribution in [3.8, 4) is 0 Å². The van der Waals surface area contributed by atoms with Gasteiger partial charge in [-0.15, -0.1) is 0 Å². The lowest BCUT2D eigenvalue weighted by Crippen LogP contribution is -2.40. The number of hydrogen-bond donors (Lipinski definition) is 2. The number of benzene rings is 1. The first kappa shape index (κ1) is 14.4. The summed E-state index contributed by atoms with van der Waals surface area (Å²) in [5, 5.41) is 6.62. The normalized spacial score (nSPS) is 19.7. The van der Waals surface area contributed by atoms with Crippen LogP contribution in [0.15, 0.2) is 18.2 Å². The van der Waals surface area contributed by atoms with Crippen LogP contribution in [0.3, 0.4) is 0 Å². The SMILES string of the molecule is CCC(NC(=O)c1ccc2c(c1)CCN2)C1CCCCC1. The van der Waals surface area contributed by atoms with Gasteiger partial charge in [0.15, 0.2) is 0 Å². The predicted molar refractivity (Wildman–Crippen MR) is 86.8 cm³/mol. The van der Waals surface area contributed by atoms with Gasteiger partial charge in [0.25, 0.3) is 5.91 Å². The summed E-state index contributed by atoms with van der Waals surface area (Å²) in [6.07, 6.45) is 8.60. The van der Waals surface area contributed by atoms with Crippen LogP contribution in [-0.2, 0) is 6.42 Å². The summed E-state index contributed by atoms with van der Waals surface area (Å²) in [6, 6.07) is 6.38. The number of hydrogen-bond acceptors (Lipinski definition) is 2. The molecule has 3 nitrogen and oxygen atoms in total. The lowest BCUT2D eigenvalue weighted by Gasteiger charge is -2.30. The van der Waals surface area contributed by atoms with Crippen LogP contribution in [0.5, 0.6) is 0 Å². The first-order valence-electron chi connectivity index (χ1n) is 8.45. The number of carbonyl (C=O) groups is 1.